The molecule has 168 valence electrons. The molecular formula is C23H24Cl2N4O3. The van der Waals surface area contributed by atoms with Crippen molar-refractivity contribution >= 4 is 40.9 Å². The summed E-state index contributed by atoms with van der Waals surface area (Å²) >= 11 is 12.5. The zero-order chi connectivity index (χ0) is 22.7. The van der Waals surface area contributed by atoms with Gasteiger partial charge in [0, 0.05) is 54.2 Å². The second kappa shape index (κ2) is 9.81. The summed E-state index contributed by atoms with van der Waals surface area (Å²) in [6.07, 6.45) is 0. The van der Waals surface area contributed by atoms with Gasteiger partial charge in [-0.25, -0.2) is 9.59 Å². The monoisotopic (exact) mass is 474 g/mol. The van der Waals surface area contributed by atoms with Crippen LogP contribution in [0.1, 0.15) is 11.6 Å². The molecule has 2 aromatic rings. The Kier molecular flexibility index (Phi) is 6.89. The van der Waals surface area contributed by atoms with Crippen LogP contribution in [0.25, 0.3) is 0 Å². The lowest BCUT2D eigenvalue weighted by atomic mass is 9.95. The third-order valence-electron chi connectivity index (χ3n) is 5.70. The van der Waals surface area contributed by atoms with Gasteiger partial charge in [-0.3, -0.25) is 4.90 Å². The first-order valence-corrected chi connectivity index (χ1v) is 11.1. The largest absolute Gasteiger partial charge is 0.466 e. The molecule has 2 aliphatic rings. The predicted octanol–water partition coefficient (Wildman–Crippen LogP) is 3.60. The summed E-state index contributed by atoms with van der Waals surface area (Å²) in [6.45, 7) is 3.57. The van der Waals surface area contributed by atoms with E-state index in [-0.39, 0.29) is 6.03 Å². The number of nitrogens with one attached hydrogen (secondary N) is 2. The molecule has 2 aromatic carbocycles. The molecule has 1 atom stereocenters. The molecule has 1 saturated heterocycles. The Morgan fingerprint density at radius 2 is 1.84 bits per heavy atom. The van der Waals surface area contributed by atoms with Gasteiger partial charge in [-0.05, 0) is 29.8 Å². The smallest absolute Gasteiger partial charge is 0.338 e. The quantitative estimate of drug-likeness (QED) is 0.647. The van der Waals surface area contributed by atoms with Gasteiger partial charge in [0.25, 0.3) is 0 Å². The maximum atomic E-state index is 12.7. The summed E-state index contributed by atoms with van der Waals surface area (Å²) < 4.78 is 5.05. The zero-order valence-electron chi connectivity index (χ0n) is 17.6. The van der Waals surface area contributed by atoms with E-state index in [1.165, 1.54) is 7.11 Å². The van der Waals surface area contributed by atoms with Crippen molar-refractivity contribution in [2.45, 2.75) is 6.04 Å². The average molecular weight is 475 g/mol. The summed E-state index contributed by atoms with van der Waals surface area (Å²) in [7, 11) is 1.33. The van der Waals surface area contributed by atoms with E-state index >= 15 is 0 Å². The molecular weight excluding hydrogens is 451 g/mol. The fourth-order valence-corrected chi connectivity index (χ4v) is 4.53. The van der Waals surface area contributed by atoms with Crippen molar-refractivity contribution in [3.8, 4) is 0 Å². The number of piperazine rings is 1. The van der Waals surface area contributed by atoms with Gasteiger partial charge in [0.15, 0.2) is 0 Å². The molecule has 32 heavy (non-hydrogen) atoms. The highest BCUT2D eigenvalue weighted by Gasteiger charge is 2.35. The van der Waals surface area contributed by atoms with Gasteiger partial charge in [0.2, 0.25) is 0 Å². The van der Waals surface area contributed by atoms with Gasteiger partial charge in [-0.1, -0.05) is 47.5 Å². The molecule has 2 N–H and O–H groups in total. The highest BCUT2D eigenvalue weighted by molar-refractivity contribution is 6.31. The molecule has 1 fully saturated rings. The Labute approximate surface area is 196 Å². The first-order chi connectivity index (χ1) is 15.5. The van der Waals surface area contributed by atoms with E-state index < -0.39 is 12.0 Å². The molecule has 0 aliphatic carbocycles. The number of nitrogens with zero attached hydrogens (tertiary/aromatic N) is 2. The number of hydrogen-bond donors (Lipinski definition) is 2. The highest BCUT2D eigenvalue weighted by Crippen LogP contribution is 2.32. The lowest BCUT2D eigenvalue weighted by Crippen LogP contribution is -2.51. The summed E-state index contributed by atoms with van der Waals surface area (Å²) in [4.78, 5) is 29.7. The number of benzene rings is 2. The number of urea groups is 1. The Balaban J connectivity index is 1.55. The maximum Gasteiger partial charge on any atom is 0.338 e. The summed E-state index contributed by atoms with van der Waals surface area (Å²) in [5, 5.41) is 6.80. The minimum Gasteiger partial charge on any atom is -0.466 e. The van der Waals surface area contributed by atoms with Crippen molar-refractivity contribution in [3.05, 3.63) is 75.4 Å². The number of carbonyl (C=O) groups is 2. The van der Waals surface area contributed by atoms with Crippen LogP contribution in [0.5, 0.6) is 0 Å². The third-order valence-corrected chi connectivity index (χ3v) is 6.28. The molecule has 7 nitrogen and oxygen atoms in total. The second-order valence-electron chi connectivity index (χ2n) is 7.68. The zero-order valence-corrected chi connectivity index (χ0v) is 19.1. The number of anilines is 1. The second-order valence-corrected chi connectivity index (χ2v) is 8.52. The molecule has 2 aliphatic heterocycles. The molecule has 0 bridgehead atoms. The van der Waals surface area contributed by atoms with Crippen LogP contribution in [0.15, 0.2) is 59.8 Å². The fourth-order valence-electron chi connectivity index (χ4n) is 4.10. The number of methoxy groups -OCH3 is 1. The topological polar surface area (TPSA) is 73.9 Å². The van der Waals surface area contributed by atoms with Crippen LogP contribution >= 0.6 is 23.2 Å². The SMILES string of the molecule is COC(=O)C1=C(CN2CCN(c3cccc(Cl)c3)CC2)NC(=O)N[C@H]1c1ccccc1Cl. The van der Waals surface area contributed by atoms with E-state index in [9.17, 15) is 9.59 Å². The molecule has 2 amide bonds. The van der Waals surface area contributed by atoms with Gasteiger partial charge >= 0.3 is 12.0 Å². The normalized spacial score (nSPS) is 19.4. The van der Waals surface area contributed by atoms with Crippen molar-refractivity contribution in [1.82, 2.24) is 15.5 Å². The Bertz CT molecular complexity index is 1050. The molecule has 4 rings (SSSR count). The van der Waals surface area contributed by atoms with Crippen LogP contribution < -0.4 is 15.5 Å². The highest BCUT2D eigenvalue weighted by atomic mass is 35.5. The number of halogens is 2. The summed E-state index contributed by atoms with van der Waals surface area (Å²) in [6, 6.07) is 13.9. The van der Waals surface area contributed by atoms with E-state index in [1.54, 1.807) is 18.2 Å². The minimum atomic E-state index is -0.687. The Morgan fingerprint density at radius 3 is 2.53 bits per heavy atom. The minimum absolute atomic E-state index is 0.359. The van der Waals surface area contributed by atoms with Crippen LogP contribution in [0, 0.1) is 0 Å². The van der Waals surface area contributed by atoms with Crippen LogP contribution in [-0.4, -0.2) is 56.7 Å². The molecule has 9 heteroatoms. The van der Waals surface area contributed by atoms with Crippen LogP contribution in [0.3, 0.4) is 0 Å². The standard InChI is InChI=1S/C23H24Cl2N4O3/c1-32-22(30)20-19(26-23(31)27-21(20)17-7-2-3-8-18(17)25)14-28-9-11-29(12-10-28)16-6-4-5-15(24)13-16/h2-8,13,21H,9-12,14H2,1H3,(H2,26,27,31)/t21-/m0/s1. The van der Waals surface area contributed by atoms with E-state index in [0.29, 0.717) is 33.4 Å². The van der Waals surface area contributed by atoms with Crippen molar-refractivity contribution < 1.29 is 14.3 Å². The first-order valence-electron chi connectivity index (χ1n) is 10.3. The lowest BCUT2D eigenvalue weighted by Gasteiger charge is -2.38. The third kappa shape index (κ3) is 4.85. The molecule has 0 saturated carbocycles. The summed E-state index contributed by atoms with van der Waals surface area (Å²) in [5.74, 6) is -0.505. The number of hydrogen-bond acceptors (Lipinski definition) is 5. The fraction of sp³-hybridized carbons (Fsp3) is 0.304. The average Bonchev–Trinajstić information content (AvgIpc) is 2.79. The van der Waals surface area contributed by atoms with Gasteiger partial charge in [0.1, 0.15) is 0 Å². The van der Waals surface area contributed by atoms with Crippen LogP contribution in [0.2, 0.25) is 10.0 Å². The van der Waals surface area contributed by atoms with Gasteiger partial charge in [0.05, 0.1) is 18.7 Å². The molecule has 0 radical (unpaired) electrons. The van der Waals surface area contributed by atoms with Crippen LogP contribution in [0.4, 0.5) is 10.5 Å². The number of rotatable bonds is 5. The predicted molar refractivity (Wildman–Crippen MR) is 125 cm³/mol. The number of carbonyl (C=O) groups excluding carboxylic acids is 2. The molecule has 0 aromatic heterocycles. The van der Waals surface area contributed by atoms with Crippen molar-refractivity contribution in [2.75, 3.05) is 44.7 Å². The van der Waals surface area contributed by atoms with Crippen molar-refractivity contribution in [2.24, 2.45) is 0 Å². The van der Waals surface area contributed by atoms with Gasteiger partial charge < -0.3 is 20.3 Å². The van der Waals surface area contributed by atoms with Gasteiger partial charge in [-0.15, -0.1) is 0 Å². The van der Waals surface area contributed by atoms with Crippen LogP contribution in [-0.2, 0) is 9.53 Å². The Morgan fingerprint density at radius 1 is 1.09 bits per heavy atom. The Hall–Kier alpha value is -2.74. The van der Waals surface area contributed by atoms with E-state index in [0.717, 1.165) is 31.9 Å². The molecule has 2 heterocycles. The number of esters is 1. The van der Waals surface area contributed by atoms with E-state index in [4.69, 9.17) is 27.9 Å². The molecule has 0 unspecified atom stereocenters. The summed E-state index contributed by atoms with van der Waals surface area (Å²) in [5.41, 5.74) is 2.62. The number of amides is 2. The maximum absolute atomic E-state index is 12.7. The first kappa shape index (κ1) is 22.5. The van der Waals surface area contributed by atoms with Crippen molar-refractivity contribution in [3.63, 3.8) is 0 Å². The number of ether oxygens (including phenoxy) is 1. The van der Waals surface area contributed by atoms with Crippen molar-refractivity contribution in [1.29, 1.82) is 0 Å². The van der Waals surface area contributed by atoms with E-state index in [1.807, 2.05) is 30.3 Å². The van der Waals surface area contributed by atoms with Gasteiger partial charge in [-0.2, -0.15) is 0 Å². The lowest BCUT2D eigenvalue weighted by molar-refractivity contribution is -0.136. The molecule has 0 spiro atoms. The van der Waals surface area contributed by atoms with E-state index in [2.05, 4.69) is 20.4 Å².